The molecular weight excluding hydrogens is 196 g/mol. The van der Waals surface area contributed by atoms with Gasteiger partial charge in [0.05, 0.1) is 33.7 Å². The molecule has 5 heteroatoms. The van der Waals surface area contributed by atoms with Gasteiger partial charge in [0.25, 0.3) is 0 Å². The normalized spacial score (nSPS) is 13.1. The number of carbonyl (C=O) groups excluding carboxylic acids is 1. The maximum absolute atomic E-state index is 9.90. The first-order chi connectivity index (χ1) is 6.61. The van der Waals surface area contributed by atoms with Crippen LogP contribution in [0.2, 0.25) is 0 Å². The number of quaternary nitrogens is 1. The van der Waals surface area contributed by atoms with Gasteiger partial charge in [-0.1, -0.05) is 13.8 Å². The van der Waals surface area contributed by atoms with E-state index in [1.54, 1.807) is 13.8 Å². The molecule has 92 valence electrons. The van der Waals surface area contributed by atoms with E-state index >= 15 is 0 Å². The van der Waals surface area contributed by atoms with Crippen LogP contribution in [0.15, 0.2) is 0 Å². The summed E-state index contributed by atoms with van der Waals surface area (Å²) < 4.78 is 0.844. The molecule has 0 saturated heterocycles. The van der Waals surface area contributed by atoms with Crippen LogP contribution in [-0.2, 0) is 4.79 Å². The van der Waals surface area contributed by atoms with E-state index in [0.717, 1.165) is 11.0 Å². The van der Waals surface area contributed by atoms with E-state index in [2.05, 4.69) is 21.1 Å². The van der Waals surface area contributed by atoms with Crippen LogP contribution >= 0.6 is 0 Å². The lowest BCUT2D eigenvalue weighted by molar-refractivity contribution is -0.870. The lowest BCUT2D eigenvalue weighted by atomic mass is 10.1. The fourth-order valence-electron chi connectivity index (χ4n) is 0.572. The zero-order valence-electron chi connectivity index (χ0n) is 10.4. The molecule has 0 bridgehead atoms. The molecule has 1 atom stereocenters. The summed E-state index contributed by atoms with van der Waals surface area (Å²) in [6, 6.07) is -0.824. The third-order valence-corrected chi connectivity index (χ3v) is 1.76. The minimum Gasteiger partial charge on any atom is -0.548 e. The number of hydrogen-bond donors (Lipinski definition) is 2. The van der Waals surface area contributed by atoms with Crippen molar-refractivity contribution in [2.75, 3.05) is 34.3 Å². The molecule has 0 aromatic heterocycles. The zero-order chi connectivity index (χ0) is 12.6. The number of carboxylic acid groups (broad SMARTS) is 1. The standard InChI is InChI=1S/C5H11NO2.C5H14NO/c1-3(2)4(6)5(7)8;1-6(2,3)4-5-7/h3-4H,6H2,1-2H3,(H,7,8);7H,4-5H2,1-3H3/q;+1/p-1/t4-;/m0./s1. The molecule has 0 aliphatic rings. The predicted octanol–water partition coefficient (Wildman–Crippen LogP) is -1.60. The van der Waals surface area contributed by atoms with Crippen molar-refractivity contribution in [2.45, 2.75) is 19.9 Å². The van der Waals surface area contributed by atoms with Gasteiger partial charge in [0.1, 0.15) is 6.54 Å². The third kappa shape index (κ3) is 13.3. The van der Waals surface area contributed by atoms with Crippen molar-refractivity contribution in [3.05, 3.63) is 0 Å². The van der Waals surface area contributed by atoms with Gasteiger partial charge < -0.3 is 25.2 Å². The lowest BCUT2D eigenvalue weighted by Gasteiger charge is -2.21. The van der Waals surface area contributed by atoms with Gasteiger partial charge in [-0.25, -0.2) is 0 Å². The summed E-state index contributed by atoms with van der Waals surface area (Å²) >= 11 is 0. The Morgan fingerprint density at radius 2 is 1.80 bits per heavy atom. The number of carboxylic acids is 1. The van der Waals surface area contributed by atoms with Crippen molar-refractivity contribution in [1.29, 1.82) is 0 Å². The number of hydrogen-bond acceptors (Lipinski definition) is 4. The number of aliphatic carboxylic acids is 1. The quantitative estimate of drug-likeness (QED) is 0.559. The minimum absolute atomic E-state index is 0.0417. The largest absolute Gasteiger partial charge is 0.548 e. The fraction of sp³-hybridized carbons (Fsp3) is 0.900. The van der Waals surface area contributed by atoms with Gasteiger partial charge in [-0.3, -0.25) is 0 Å². The first-order valence-corrected chi connectivity index (χ1v) is 4.99. The second-order valence-electron chi connectivity index (χ2n) is 4.83. The van der Waals surface area contributed by atoms with E-state index < -0.39 is 12.0 Å². The van der Waals surface area contributed by atoms with Gasteiger partial charge in [-0.05, 0) is 5.92 Å². The van der Waals surface area contributed by atoms with E-state index in [1.807, 2.05) is 0 Å². The number of nitrogens with zero attached hydrogens (tertiary/aromatic N) is 1. The maximum Gasteiger partial charge on any atom is 0.101 e. The topological polar surface area (TPSA) is 86.4 Å². The highest BCUT2D eigenvalue weighted by molar-refractivity contribution is 5.71. The van der Waals surface area contributed by atoms with E-state index in [4.69, 9.17) is 10.8 Å². The van der Waals surface area contributed by atoms with Gasteiger partial charge in [-0.2, -0.15) is 0 Å². The van der Waals surface area contributed by atoms with Crippen LogP contribution in [-0.4, -0.2) is 55.9 Å². The second kappa shape index (κ2) is 7.62. The van der Waals surface area contributed by atoms with Crippen LogP contribution < -0.4 is 10.8 Å². The van der Waals surface area contributed by atoms with E-state index in [0.29, 0.717) is 0 Å². The van der Waals surface area contributed by atoms with E-state index in [9.17, 15) is 9.90 Å². The smallest absolute Gasteiger partial charge is 0.101 e. The highest BCUT2D eigenvalue weighted by Crippen LogP contribution is 1.94. The molecular formula is C10H24N2O3. The molecule has 0 fully saturated rings. The Balaban J connectivity index is 0. The molecule has 0 aromatic rings. The first-order valence-electron chi connectivity index (χ1n) is 4.99. The van der Waals surface area contributed by atoms with Gasteiger partial charge in [0.2, 0.25) is 0 Å². The molecule has 0 rings (SSSR count). The molecule has 0 radical (unpaired) electrons. The Bertz CT molecular complexity index is 176. The summed E-state index contributed by atoms with van der Waals surface area (Å²) in [7, 11) is 6.16. The Morgan fingerprint density at radius 1 is 1.40 bits per heavy atom. The van der Waals surface area contributed by atoms with Gasteiger partial charge in [-0.15, -0.1) is 0 Å². The molecule has 0 aliphatic carbocycles. The van der Waals surface area contributed by atoms with Crippen molar-refractivity contribution in [3.63, 3.8) is 0 Å². The SMILES string of the molecule is CC(C)[C@H](N)C(=O)[O-].C[N+](C)(C)CCO. The van der Waals surface area contributed by atoms with Crippen LogP contribution in [0.5, 0.6) is 0 Å². The van der Waals surface area contributed by atoms with E-state index in [-0.39, 0.29) is 12.5 Å². The van der Waals surface area contributed by atoms with Crippen molar-refractivity contribution in [2.24, 2.45) is 11.7 Å². The molecule has 3 N–H and O–H groups in total. The van der Waals surface area contributed by atoms with E-state index in [1.165, 1.54) is 0 Å². The number of carbonyl (C=O) groups is 1. The van der Waals surface area contributed by atoms with Crippen LogP contribution in [0.4, 0.5) is 0 Å². The second-order valence-corrected chi connectivity index (χ2v) is 4.83. The average Bonchev–Trinajstić information content (AvgIpc) is 2.01. The number of nitrogens with two attached hydrogens (primary N) is 1. The molecule has 5 nitrogen and oxygen atoms in total. The van der Waals surface area contributed by atoms with Crippen LogP contribution in [0.25, 0.3) is 0 Å². The Hall–Kier alpha value is -0.650. The fourth-order valence-corrected chi connectivity index (χ4v) is 0.572. The van der Waals surface area contributed by atoms with Crippen LogP contribution in [0.3, 0.4) is 0 Å². The Labute approximate surface area is 92.1 Å². The zero-order valence-corrected chi connectivity index (χ0v) is 10.4. The van der Waals surface area contributed by atoms with Crippen molar-refractivity contribution < 1.29 is 19.5 Å². The highest BCUT2D eigenvalue weighted by Gasteiger charge is 2.06. The minimum atomic E-state index is -1.18. The van der Waals surface area contributed by atoms with Crippen LogP contribution in [0.1, 0.15) is 13.8 Å². The summed E-state index contributed by atoms with van der Waals surface area (Å²) in [5, 5.41) is 18.3. The molecule has 0 unspecified atom stereocenters. The van der Waals surface area contributed by atoms with Crippen molar-refractivity contribution in [1.82, 2.24) is 0 Å². The molecule has 0 aliphatic heterocycles. The van der Waals surface area contributed by atoms with Gasteiger partial charge in [0, 0.05) is 6.04 Å². The monoisotopic (exact) mass is 220 g/mol. The van der Waals surface area contributed by atoms with Crippen molar-refractivity contribution in [3.8, 4) is 0 Å². The van der Waals surface area contributed by atoms with Crippen LogP contribution in [0, 0.1) is 5.92 Å². The lowest BCUT2D eigenvalue weighted by Crippen LogP contribution is -2.45. The Kier molecular flexibility index (Phi) is 8.51. The number of aliphatic hydroxyl groups excluding tert-OH is 1. The molecule has 0 amide bonds. The number of rotatable bonds is 4. The van der Waals surface area contributed by atoms with Gasteiger partial charge >= 0.3 is 0 Å². The molecule has 0 spiro atoms. The molecule has 0 heterocycles. The maximum atomic E-state index is 9.90. The predicted molar refractivity (Wildman–Crippen MR) is 57.8 cm³/mol. The van der Waals surface area contributed by atoms with Gasteiger partial charge in [0.15, 0.2) is 0 Å². The summed E-state index contributed by atoms with van der Waals surface area (Å²) in [6.07, 6.45) is 0. The first kappa shape index (κ1) is 16.8. The summed E-state index contributed by atoms with van der Waals surface area (Å²) in [4.78, 5) is 9.90. The average molecular weight is 220 g/mol. The van der Waals surface area contributed by atoms with Crippen molar-refractivity contribution >= 4 is 5.97 Å². The Morgan fingerprint density at radius 3 is 1.80 bits per heavy atom. The summed E-state index contributed by atoms with van der Waals surface area (Å²) in [6.45, 7) is 4.59. The molecule has 0 saturated carbocycles. The molecule has 0 aromatic carbocycles. The highest BCUT2D eigenvalue weighted by atomic mass is 16.4. The number of aliphatic hydroxyl groups is 1. The number of likely N-dealkylation sites (N-methyl/N-ethyl adjacent to an activating group) is 1. The molecule has 15 heavy (non-hydrogen) atoms. The summed E-state index contributed by atoms with van der Waals surface area (Å²) in [5.41, 5.74) is 5.10. The summed E-state index contributed by atoms with van der Waals surface area (Å²) in [5.74, 6) is -1.22. The third-order valence-electron chi connectivity index (χ3n) is 1.76.